The summed E-state index contributed by atoms with van der Waals surface area (Å²) in [7, 11) is 0. The molecule has 0 aromatic heterocycles. The highest BCUT2D eigenvalue weighted by Crippen LogP contribution is 2.16. The molecule has 1 amide bonds. The van der Waals surface area contributed by atoms with Crippen LogP contribution in [-0.2, 0) is 14.3 Å². The summed E-state index contributed by atoms with van der Waals surface area (Å²) in [5, 5.41) is 23.1. The molecule has 2 atom stereocenters. The Kier molecular flexibility index (Phi) is 53.6. The van der Waals surface area contributed by atoms with Crippen LogP contribution in [0.1, 0.15) is 296 Å². The minimum Gasteiger partial charge on any atom is -0.466 e. The van der Waals surface area contributed by atoms with Gasteiger partial charge in [-0.15, -0.1) is 0 Å². The molecule has 6 heteroatoms. The highest BCUT2D eigenvalue weighted by atomic mass is 16.5. The first-order chi connectivity index (χ1) is 32.5. The molecule has 6 nitrogen and oxygen atoms in total. The number of unbranched alkanes of at least 4 members (excludes halogenated alkanes) is 36. The maximum atomic E-state index is 12.5. The molecular formula is C60H111NO5. The van der Waals surface area contributed by atoms with Crippen LogP contribution in [0.2, 0.25) is 0 Å². The topological polar surface area (TPSA) is 95.9 Å². The Morgan fingerprint density at radius 2 is 0.758 bits per heavy atom. The number of carbonyl (C=O) groups excluding carboxylic acids is 2. The zero-order chi connectivity index (χ0) is 47.9. The van der Waals surface area contributed by atoms with Crippen molar-refractivity contribution in [1.29, 1.82) is 0 Å². The first kappa shape index (κ1) is 63.8. The van der Waals surface area contributed by atoms with Crippen LogP contribution in [0, 0.1) is 0 Å². The standard InChI is InChI=1S/C60H111NO5/c1-3-5-7-9-11-13-15-17-19-21-22-23-24-25-27-28-30-32-36-40-44-48-52-58(63)57(56-62)61-59(64)53-49-45-41-37-34-35-39-43-47-51-55-66-60(65)54-50-46-42-38-33-31-29-26-20-18-16-14-12-10-8-6-4-2/h12,14,18,20,35,39,48,52,57-58,62-63H,3-11,13,15-17,19,21-34,36-38,40-47,49-51,53-56H2,1-2H3,(H,61,64)/b14-12-,20-18-,39-35-,52-48+. The van der Waals surface area contributed by atoms with Crippen molar-refractivity contribution in [2.45, 2.75) is 309 Å². The molecule has 0 fully saturated rings. The second-order valence-electron chi connectivity index (χ2n) is 19.6. The summed E-state index contributed by atoms with van der Waals surface area (Å²) in [6.07, 6.45) is 69.9. The lowest BCUT2D eigenvalue weighted by molar-refractivity contribution is -0.143. The van der Waals surface area contributed by atoms with Crippen LogP contribution >= 0.6 is 0 Å². The SMILES string of the molecule is CCCCC/C=C\C/C=C\CCCCCCCCCC(=O)OCCCC/C=C\CCCCCCC(=O)NC(CO)C(O)/C=C/CCCCCCCCCCCCCCCCCCCCCC. The molecule has 0 spiro atoms. The van der Waals surface area contributed by atoms with E-state index >= 15 is 0 Å². The quantitative estimate of drug-likeness (QED) is 0.0321. The number of aliphatic hydroxyl groups excluding tert-OH is 2. The van der Waals surface area contributed by atoms with Gasteiger partial charge in [0.1, 0.15) is 0 Å². The van der Waals surface area contributed by atoms with Gasteiger partial charge in [0.05, 0.1) is 25.4 Å². The largest absolute Gasteiger partial charge is 0.466 e. The van der Waals surface area contributed by atoms with Crippen molar-refractivity contribution >= 4 is 11.9 Å². The number of amides is 1. The maximum Gasteiger partial charge on any atom is 0.305 e. The van der Waals surface area contributed by atoms with Crippen LogP contribution in [0.5, 0.6) is 0 Å². The van der Waals surface area contributed by atoms with E-state index in [2.05, 4.69) is 55.6 Å². The molecule has 2 unspecified atom stereocenters. The highest BCUT2D eigenvalue weighted by molar-refractivity contribution is 5.76. The van der Waals surface area contributed by atoms with Gasteiger partial charge in [0.2, 0.25) is 5.91 Å². The molecule has 0 aliphatic carbocycles. The molecule has 0 aromatic rings. The van der Waals surface area contributed by atoms with E-state index in [9.17, 15) is 19.8 Å². The first-order valence-electron chi connectivity index (χ1n) is 28.9. The Morgan fingerprint density at radius 1 is 0.424 bits per heavy atom. The van der Waals surface area contributed by atoms with E-state index in [4.69, 9.17) is 4.74 Å². The van der Waals surface area contributed by atoms with E-state index in [-0.39, 0.29) is 18.5 Å². The minimum absolute atomic E-state index is 0.0462. The number of hydrogen-bond donors (Lipinski definition) is 3. The molecule has 0 saturated carbocycles. The van der Waals surface area contributed by atoms with Gasteiger partial charge in [0.15, 0.2) is 0 Å². The number of rotatable bonds is 53. The molecule has 0 aromatic carbocycles. The Labute approximate surface area is 410 Å². The number of esters is 1. The van der Waals surface area contributed by atoms with Gasteiger partial charge in [-0.05, 0) is 89.9 Å². The van der Waals surface area contributed by atoms with Crippen molar-refractivity contribution in [2.75, 3.05) is 13.2 Å². The minimum atomic E-state index is -0.869. The lowest BCUT2D eigenvalue weighted by Crippen LogP contribution is -2.45. The van der Waals surface area contributed by atoms with Gasteiger partial charge in [-0.3, -0.25) is 9.59 Å². The van der Waals surface area contributed by atoms with E-state index in [1.165, 1.54) is 186 Å². The van der Waals surface area contributed by atoms with Gasteiger partial charge < -0.3 is 20.3 Å². The zero-order valence-electron chi connectivity index (χ0n) is 43.9. The average molecular weight is 927 g/mol. The molecular weight excluding hydrogens is 815 g/mol. The van der Waals surface area contributed by atoms with E-state index in [1.807, 2.05) is 6.08 Å². The van der Waals surface area contributed by atoms with Gasteiger partial charge in [-0.2, -0.15) is 0 Å². The van der Waals surface area contributed by atoms with E-state index in [1.54, 1.807) is 6.08 Å². The molecule has 0 aliphatic rings. The second kappa shape index (κ2) is 55.4. The summed E-state index contributed by atoms with van der Waals surface area (Å²) >= 11 is 0. The smallest absolute Gasteiger partial charge is 0.305 e. The number of aliphatic hydroxyl groups is 2. The fraction of sp³-hybridized carbons (Fsp3) is 0.833. The van der Waals surface area contributed by atoms with Gasteiger partial charge in [0, 0.05) is 12.8 Å². The third kappa shape index (κ3) is 51.2. The van der Waals surface area contributed by atoms with Crippen molar-refractivity contribution in [3.05, 3.63) is 48.6 Å². The Bertz CT molecular complexity index is 1110. The lowest BCUT2D eigenvalue weighted by atomic mass is 10.0. The molecule has 0 bridgehead atoms. The number of ether oxygens (including phenoxy) is 1. The Hall–Kier alpha value is -2.18. The molecule has 0 heterocycles. The van der Waals surface area contributed by atoms with Crippen molar-refractivity contribution in [3.8, 4) is 0 Å². The van der Waals surface area contributed by atoms with Gasteiger partial charge >= 0.3 is 5.97 Å². The third-order valence-corrected chi connectivity index (χ3v) is 13.1. The molecule has 386 valence electrons. The average Bonchev–Trinajstić information content (AvgIpc) is 3.32. The van der Waals surface area contributed by atoms with E-state index in [0.717, 1.165) is 83.5 Å². The fourth-order valence-corrected chi connectivity index (χ4v) is 8.60. The second-order valence-corrected chi connectivity index (χ2v) is 19.6. The summed E-state index contributed by atoms with van der Waals surface area (Å²) in [5.74, 6) is -0.149. The summed E-state index contributed by atoms with van der Waals surface area (Å²) in [6, 6.07) is -0.656. The van der Waals surface area contributed by atoms with Crippen LogP contribution in [0.25, 0.3) is 0 Å². The zero-order valence-corrected chi connectivity index (χ0v) is 43.9. The normalized spacial score (nSPS) is 13.0. The van der Waals surface area contributed by atoms with Crippen LogP contribution in [0.3, 0.4) is 0 Å². The molecule has 66 heavy (non-hydrogen) atoms. The number of nitrogens with one attached hydrogen (secondary N) is 1. The van der Waals surface area contributed by atoms with Crippen LogP contribution in [0.4, 0.5) is 0 Å². The third-order valence-electron chi connectivity index (χ3n) is 13.1. The molecule has 3 N–H and O–H groups in total. The number of hydrogen-bond acceptors (Lipinski definition) is 5. The lowest BCUT2D eigenvalue weighted by Gasteiger charge is -2.20. The van der Waals surface area contributed by atoms with Crippen LogP contribution in [0.15, 0.2) is 48.6 Å². The van der Waals surface area contributed by atoms with Crippen molar-refractivity contribution in [2.24, 2.45) is 0 Å². The summed E-state index contributed by atoms with van der Waals surface area (Å²) in [5.41, 5.74) is 0. The summed E-state index contributed by atoms with van der Waals surface area (Å²) in [6.45, 7) is 4.79. The van der Waals surface area contributed by atoms with E-state index in [0.29, 0.717) is 19.4 Å². The van der Waals surface area contributed by atoms with Crippen LogP contribution < -0.4 is 5.32 Å². The Balaban J connectivity index is 3.56. The Morgan fingerprint density at radius 3 is 1.20 bits per heavy atom. The predicted molar refractivity (Wildman–Crippen MR) is 287 cm³/mol. The van der Waals surface area contributed by atoms with Crippen molar-refractivity contribution < 1.29 is 24.5 Å². The van der Waals surface area contributed by atoms with Gasteiger partial charge in [0.25, 0.3) is 0 Å². The first-order valence-corrected chi connectivity index (χ1v) is 28.9. The highest BCUT2D eigenvalue weighted by Gasteiger charge is 2.18. The van der Waals surface area contributed by atoms with Crippen LogP contribution in [-0.4, -0.2) is 47.4 Å². The predicted octanol–water partition coefficient (Wildman–Crippen LogP) is 17.8. The summed E-state index contributed by atoms with van der Waals surface area (Å²) in [4.78, 5) is 24.5. The maximum absolute atomic E-state index is 12.5. The van der Waals surface area contributed by atoms with Crippen molar-refractivity contribution in [3.63, 3.8) is 0 Å². The van der Waals surface area contributed by atoms with Crippen molar-refractivity contribution in [1.82, 2.24) is 5.32 Å². The summed E-state index contributed by atoms with van der Waals surface area (Å²) < 4.78 is 5.44. The van der Waals surface area contributed by atoms with Gasteiger partial charge in [-0.1, -0.05) is 242 Å². The van der Waals surface area contributed by atoms with E-state index < -0.39 is 12.1 Å². The molecule has 0 rings (SSSR count). The fourth-order valence-electron chi connectivity index (χ4n) is 8.60. The molecule has 0 radical (unpaired) electrons. The monoisotopic (exact) mass is 926 g/mol. The number of carbonyl (C=O) groups is 2. The van der Waals surface area contributed by atoms with Gasteiger partial charge in [-0.25, -0.2) is 0 Å². The molecule has 0 aliphatic heterocycles. The number of allylic oxidation sites excluding steroid dienone is 7. The molecule has 0 saturated heterocycles.